The Hall–Kier alpha value is -3.22. The summed E-state index contributed by atoms with van der Waals surface area (Å²) in [5.41, 5.74) is 1.45. The van der Waals surface area contributed by atoms with Gasteiger partial charge in [-0.05, 0) is 36.8 Å². The Morgan fingerprint density at radius 2 is 1.85 bits per heavy atom. The zero-order valence-corrected chi connectivity index (χ0v) is 14.4. The average Bonchev–Trinajstić information content (AvgIpc) is 3.02. The summed E-state index contributed by atoms with van der Waals surface area (Å²) in [6.07, 6.45) is 0. The summed E-state index contributed by atoms with van der Waals surface area (Å²) < 4.78 is 19.0. The van der Waals surface area contributed by atoms with E-state index in [0.29, 0.717) is 5.56 Å². The van der Waals surface area contributed by atoms with Crippen molar-refractivity contribution in [3.8, 4) is 11.5 Å². The van der Waals surface area contributed by atoms with Crippen LogP contribution in [-0.2, 0) is 11.3 Å². The van der Waals surface area contributed by atoms with Gasteiger partial charge >= 0.3 is 5.76 Å². The Morgan fingerprint density at radius 3 is 2.50 bits per heavy atom. The first kappa shape index (κ1) is 17.6. The van der Waals surface area contributed by atoms with Crippen molar-refractivity contribution in [3.63, 3.8) is 0 Å². The summed E-state index contributed by atoms with van der Waals surface area (Å²) in [5, 5.41) is 4.03. The SMILES string of the molecule is CC(c1ccccc1)N(C)C(=O)Cn1nc(-c2ccc(F)cc2)oc1=O. The molecule has 134 valence electrons. The molecule has 2 aromatic carbocycles. The Balaban J connectivity index is 1.75. The third-order valence-corrected chi connectivity index (χ3v) is 4.24. The Labute approximate surface area is 149 Å². The fourth-order valence-corrected chi connectivity index (χ4v) is 2.53. The van der Waals surface area contributed by atoms with Crippen molar-refractivity contribution in [2.45, 2.75) is 19.5 Å². The molecule has 0 spiro atoms. The zero-order valence-electron chi connectivity index (χ0n) is 14.4. The fourth-order valence-electron chi connectivity index (χ4n) is 2.53. The highest BCUT2D eigenvalue weighted by atomic mass is 19.1. The number of rotatable bonds is 5. The van der Waals surface area contributed by atoms with Gasteiger partial charge in [-0.1, -0.05) is 30.3 Å². The van der Waals surface area contributed by atoms with Crippen molar-refractivity contribution in [1.29, 1.82) is 0 Å². The van der Waals surface area contributed by atoms with E-state index in [1.807, 2.05) is 37.3 Å². The standard InChI is InChI=1S/C19H18FN3O3/c1-13(14-6-4-3-5-7-14)22(2)17(24)12-23-19(25)26-18(21-23)15-8-10-16(20)11-9-15/h3-11,13H,12H2,1-2H3. The highest BCUT2D eigenvalue weighted by Gasteiger charge is 2.20. The van der Waals surface area contributed by atoms with Gasteiger partial charge in [0.2, 0.25) is 11.8 Å². The molecule has 7 heteroatoms. The van der Waals surface area contributed by atoms with Crippen molar-refractivity contribution < 1.29 is 13.6 Å². The molecular formula is C19H18FN3O3. The topological polar surface area (TPSA) is 68.3 Å². The molecule has 1 atom stereocenters. The molecule has 0 fully saturated rings. The summed E-state index contributed by atoms with van der Waals surface area (Å²) in [4.78, 5) is 26.0. The molecule has 0 aliphatic carbocycles. The van der Waals surface area contributed by atoms with E-state index in [1.165, 1.54) is 24.3 Å². The quantitative estimate of drug-likeness (QED) is 0.706. The van der Waals surface area contributed by atoms with Gasteiger partial charge in [-0.3, -0.25) is 4.79 Å². The predicted molar refractivity (Wildman–Crippen MR) is 93.8 cm³/mol. The second-order valence-corrected chi connectivity index (χ2v) is 5.93. The lowest BCUT2D eigenvalue weighted by Crippen LogP contribution is -2.35. The molecular weight excluding hydrogens is 337 g/mol. The molecule has 1 amide bonds. The van der Waals surface area contributed by atoms with Crippen LogP contribution in [0.2, 0.25) is 0 Å². The average molecular weight is 355 g/mol. The normalized spacial score (nSPS) is 12.0. The number of likely N-dealkylation sites (N-methyl/N-ethyl adjacent to an activating group) is 1. The lowest BCUT2D eigenvalue weighted by Gasteiger charge is -2.25. The molecule has 0 saturated carbocycles. The van der Waals surface area contributed by atoms with Crippen LogP contribution >= 0.6 is 0 Å². The molecule has 6 nitrogen and oxygen atoms in total. The van der Waals surface area contributed by atoms with Crippen molar-refractivity contribution in [1.82, 2.24) is 14.7 Å². The van der Waals surface area contributed by atoms with Gasteiger partial charge in [0, 0.05) is 12.6 Å². The number of benzene rings is 2. The number of hydrogen-bond donors (Lipinski definition) is 0. The van der Waals surface area contributed by atoms with E-state index in [-0.39, 0.29) is 24.4 Å². The summed E-state index contributed by atoms with van der Waals surface area (Å²) in [6.45, 7) is 1.67. The molecule has 0 saturated heterocycles. The molecule has 0 N–H and O–H groups in total. The number of carbonyl (C=O) groups excluding carboxylic acids is 1. The third-order valence-electron chi connectivity index (χ3n) is 4.24. The van der Waals surface area contributed by atoms with E-state index in [1.54, 1.807) is 11.9 Å². The van der Waals surface area contributed by atoms with Crippen LogP contribution in [0.1, 0.15) is 18.5 Å². The minimum absolute atomic E-state index is 0.0431. The van der Waals surface area contributed by atoms with Gasteiger partial charge in [-0.25, -0.2) is 9.18 Å². The van der Waals surface area contributed by atoms with Gasteiger partial charge < -0.3 is 9.32 Å². The van der Waals surface area contributed by atoms with Crippen LogP contribution in [0.3, 0.4) is 0 Å². The van der Waals surface area contributed by atoms with Crippen LogP contribution in [0, 0.1) is 5.82 Å². The lowest BCUT2D eigenvalue weighted by atomic mass is 10.1. The molecule has 1 heterocycles. The van der Waals surface area contributed by atoms with Crippen molar-refractivity contribution >= 4 is 5.91 Å². The fraction of sp³-hybridized carbons (Fsp3) is 0.211. The zero-order chi connectivity index (χ0) is 18.7. The minimum Gasteiger partial charge on any atom is -0.388 e. The number of halogens is 1. The Kier molecular flexibility index (Phi) is 4.97. The van der Waals surface area contributed by atoms with E-state index < -0.39 is 11.6 Å². The summed E-state index contributed by atoms with van der Waals surface area (Å²) >= 11 is 0. The Bertz CT molecular complexity index is 948. The maximum absolute atomic E-state index is 13.0. The van der Waals surface area contributed by atoms with Gasteiger partial charge in [0.15, 0.2) is 0 Å². The number of aromatic nitrogens is 2. The highest BCUT2D eigenvalue weighted by molar-refractivity contribution is 5.76. The predicted octanol–water partition coefficient (Wildman–Crippen LogP) is 2.86. The molecule has 0 bridgehead atoms. The van der Waals surface area contributed by atoms with Crippen molar-refractivity contribution in [3.05, 3.63) is 76.5 Å². The van der Waals surface area contributed by atoms with Gasteiger partial charge in [0.25, 0.3) is 0 Å². The van der Waals surface area contributed by atoms with Gasteiger partial charge in [-0.2, -0.15) is 4.68 Å². The van der Waals surface area contributed by atoms with Crippen LogP contribution in [0.25, 0.3) is 11.5 Å². The first-order chi connectivity index (χ1) is 12.5. The van der Waals surface area contributed by atoms with Crippen LogP contribution in [-0.4, -0.2) is 27.6 Å². The van der Waals surface area contributed by atoms with Crippen LogP contribution in [0.15, 0.2) is 63.8 Å². The largest absolute Gasteiger partial charge is 0.437 e. The minimum atomic E-state index is -0.738. The molecule has 3 aromatic rings. The molecule has 26 heavy (non-hydrogen) atoms. The first-order valence-corrected chi connectivity index (χ1v) is 8.10. The molecule has 1 aromatic heterocycles. The number of nitrogens with zero attached hydrogens (tertiary/aromatic N) is 3. The summed E-state index contributed by atoms with van der Waals surface area (Å²) in [5.74, 6) is -1.37. The van der Waals surface area contributed by atoms with Gasteiger partial charge in [0.1, 0.15) is 12.4 Å². The molecule has 3 rings (SSSR count). The number of hydrogen-bond acceptors (Lipinski definition) is 4. The van der Waals surface area contributed by atoms with Crippen molar-refractivity contribution in [2.24, 2.45) is 0 Å². The maximum Gasteiger partial charge on any atom is 0.437 e. The molecule has 0 aliphatic heterocycles. The van der Waals surface area contributed by atoms with Crippen LogP contribution in [0.5, 0.6) is 0 Å². The number of carbonyl (C=O) groups is 1. The number of amides is 1. The van der Waals surface area contributed by atoms with Gasteiger partial charge in [0.05, 0.1) is 6.04 Å². The smallest absolute Gasteiger partial charge is 0.388 e. The Morgan fingerprint density at radius 1 is 1.19 bits per heavy atom. The first-order valence-electron chi connectivity index (χ1n) is 8.10. The third kappa shape index (κ3) is 3.72. The second kappa shape index (κ2) is 7.35. The van der Waals surface area contributed by atoms with E-state index in [0.717, 1.165) is 10.2 Å². The summed E-state index contributed by atoms with van der Waals surface area (Å²) in [6, 6.07) is 14.8. The van der Waals surface area contributed by atoms with Crippen LogP contribution < -0.4 is 5.76 Å². The van der Waals surface area contributed by atoms with E-state index in [2.05, 4.69) is 5.10 Å². The van der Waals surface area contributed by atoms with Gasteiger partial charge in [-0.15, -0.1) is 5.10 Å². The van der Waals surface area contributed by atoms with E-state index in [9.17, 15) is 14.0 Å². The van der Waals surface area contributed by atoms with Crippen molar-refractivity contribution in [2.75, 3.05) is 7.05 Å². The second-order valence-electron chi connectivity index (χ2n) is 5.93. The maximum atomic E-state index is 13.0. The molecule has 0 radical (unpaired) electrons. The van der Waals surface area contributed by atoms with E-state index >= 15 is 0 Å². The van der Waals surface area contributed by atoms with Crippen LogP contribution in [0.4, 0.5) is 4.39 Å². The highest BCUT2D eigenvalue weighted by Crippen LogP contribution is 2.19. The molecule has 0 aliphatic rings. The monoisotopic (exact) mass is 355 g/mol. The summed E-state index contributed by atoms with van der Waals surface area (Å²) in [7, 11) is 1.67. The lowest BCUT2D eigenvalue weighted by molar-refractivity contribution is -0.132. The van der Waals surface area contributed by atoms with E-state index in [4.69, 9.17) is 4.42 Å². The molecule has 1 unspecified atom stereocenters.